The van der Waals surface area contributed by atoms with Gasteiger partial charge in [0.2, 0.25) is 0 Å². The van der Waals surface area contributed by atoms with Gasteiger partial charge in [0.25, 0.3) is 0 Å². The largest absolute Gasteiger partial charge is 0.444 e. The van der Waals surface area contributed by atoms with Crippen molar-refractivity contribution in [3.05, 3.63) is 11.6 Å². The molecule has 0 spiro atoms. The van der Waals surface area contributed by atoms with Crippen LogP contribution in [-0.4, -0.2) is 35.8 Å². The Balaban J connectivity index is 1.86. The van der Waals surface area contributed by atoms with Crippen LogP contribution in [0.15, 0.2) is 11.6 Å². The topological polar surface area (TPSA) is 54.5 Å². The van der Waals surface area contributed by atoms with Crippen molar-refractivity contribution in [3.8, 4) is 0 Å². The minimum atomic E-state index is -0.451. The van der Waals surface area contributed by atoms with E-state index < -0.39 is 5.60 Å². The number of amides is 1. The number of hydrogen-bond acceptors (Lipinski definition) is 5. The fraction of sp³-hybridized carbons (Fsp3) is 0.692. The third-order valence-corrected chi connectivity index (χ3v) is 3.66. The zero-order chi connectivity index (χ0) is 13.9. The van der Waals surface area contributed by atoms with Crippen LogP contribution in [0.3, 0.4) is 0 Å². The van der Waals surface area contributed by atoms with Crippen LogP contribution in [0.2, 0.25) is 0 Å². The Hall–Kier alpha value is -1.30. The first-order chi connectivity index (χ1) is 8.94. The van der Waals surface area contributed by atoms with Crippen molar-refractivity contribution in [1.29, 1.82) is 0 Å². The second-order valence-corrected chi connectivity index (χ2v) is 6.62. The molecule has 1 fully saturated rings. The van der Waals surface area contributed by atoms with Crippen molar-refractivity contribution in [2.45, 2.75) is 45.3 Å². The number of ether oxygens (including phenoxy) is 1. The van der Waals surface area contributed by atoms with Crippen LogP contribution in [0.4, 0.5) is 9.93 Å². The van der Waals surface area contributed by atoms with Gasteiger partial charge in [0.1, 0.15) is 5.60 Å². The number of carbonyl (C=O) groups is 1. The molecule has 1 atom stereocenters. The van der Waals surface area contributed by atoms with Gasteiger partial charge in [-0.3, -0.25) is 0 Å². The molecular formula is C13H21N3O2S. The van der Waals surface area contributed by atoms with E-state index in [2.05, 4.69) is 15.2 Å². The number of aromatic nitrogens is 1. The van der Waals surface area contributed by atoms with Crippen LogP contribution in [-0.2, 0) is 4.74 Å². The molecule has 1 N–H and O–H groups in total. The third-order valence-electron chi connectivity index (χ3n) is 2.83. The molecule has 106 valence electrons. The van der Waals surface area contributed by atoms with Crippen molar-refractivity contribution in [2.24, 2.45) is 0 Å². The first-order valence-corrected chi connectivity index (χ1v) is 7.46. The number of alkyl carbamates (subject to hydrolysis) is 1. The first-order valence-electron chi connectivity index (χ1n) is 6.58. The number of piperidine rings is 1. The van der Waals surface area contributed by atoms with Gasteiger partial charge in [-0.05, 0) is 33.6 Å². The molecule has 0 aromatic carbocycles. The summed E-state index contributed by atoms with van der Waals surface area (Å²) >= 11 is 1.63. The number of nitrogens with zero attached hydrogens (tertiary/aromatic N) is 2. The van der Waals surface area contributed by atoms with Crippen LogP contribution in [0.1, 0.15) is 33.6 Å². The van der Waals surface area contributed by atoms with Gasteiger partial charge in [-0.25, -0.2) is 9.78 Å². The standard InChI is InChI=1S/C13H21N3O2S/c1-13(2,3)18-12(17)15-10-5-4-7-16(9-10)11-14-6-8-19-11/h6,8,10H,4-5,7,9H2,1-3H3,(H,15,17). The van der Waals surface area contributed by atoms with E-state index in [9.17, 15) is 4.79 Å². The summed E-state index contributed by atoms with van der Waals surface area (Å²) in [5.74, 6) is 0. The average molecular weight is 283 g/mol. The molecule has 1 saturated heterocycles. The van der Waals surface area contributed by atoms with Gasteiger partial charge in [0.15, 0.2) is 5.13 Å². The zero-order valence-electron chi connectivity index (χ0n) is 11.7. The maximum atomic E-state index is 11.8. The van der Waals surface area contributed by atoms with Crippen LogP contribution in [0.25, 0.3) is 0 Å². The molecule has 2 heterocycles. The minimum absolute atomic E-state index is 0.132. The van der Waals surface area contributed by atoms with E-state index in [4.69, 9.17) is 4.74 Å². The second kappa shape index (κ2) is 5.77. The van der Waals surface area contributed by atoms with E-state index in [0.717, 1.165) is 31.1 Å². The molecule has 2 rings (SSSR count). The lowest BCUT2D eigenvalue weighted by molar-refractivity contribution is 0.0500. The van der Waals surface area contributed by atoms with Crippen molar-refractivity contribution < 1.29 is 9.53 Å². The van der Waals surface area contributed by atoms with Gasteiger partial charge < -0.3 is 15.0 Å². The fourth-order valence-electron chi connectivity index (χ4n) is 2.12. The highest BCUT2D eigenvalue weighted by molar-refractivity contribution is 7.13. The molecule has 1 amide bonds. The summed E-state index contributed by atoms with van der Waals surface area (Å²) < 4.78 is 5.28. The summed E-state index contributed by atoms with van der Waals surface area (Å²) in [5.41, 5.74) is -0.451. The molecule has 6 heteroatoms. The van der Waals surface area contributed by atoms with Gasteiger partial charge in [-0.2, -0.15) is 0 Å². The van der Waals surface area contributed by atoms with Crippen molar-refractivity contribution in [2.75, 3.05) is 18.0 Å². The van der Waals surface area contributed by atoms with Gasteiger partial charge in [0, 0.05) is 30.7 Å². The normalized spacial score (nSPS) is 20.2. The monoisotopic (exact) mass is 283 g/mol. The molecule has 19 heavy (non-hydrogen) atoms. The van der Waals surface area contributed by atoms with Crippen LogP contribution in [0.5, 0.6) is 0 Å². The number of rotatable bonds is 2. The molecule has 0 saturated carbocycles. The summed E-state index contributed by atoms with van der Waals surface area (Å²) in [7, 11) is 0. The quantitative estimate of drug-likeness (QED) is 0.906. The number of hydrogen-bond donors (Lipinski definition) is 1. The highest BCUT2D eigenvalue weighted by atomic mass is 32.1. The summed E-state index contributed by atoms with van der Waals surface area (Å²) in [4.78, 5) is 18.3. The van der Waals surface area contributed by atoms with Crippen molar-refractivity contribution in [1.82, 2.24) is 10.3 Å². The maximum Gasteiger partial charge on any atom is 0.407 e. The van der Waals surface area contributed by atoms with Crippen molar-refractivity contribution in [3.63, 3.8) is 0 Å². The molecule has 0 radical (unpaired) electrons. The first kappa shape index (κ1) is 14.1. The summed E-state index contributed by atoms with van der Waals surface area (Å²) in [6.45, 7) is 7.41. The molecular weight excluding hydrogens is 262 g/mol. The smallest absolute Gasteiger partial charge is 0.407 e. The molecule has 1 aromatic rings. The number of thiazole rings is 1. The molecule has 1 aromatic heterocycles. The average Bonchev–Trinajstić information content (AvgIpc) is 2.79. The van der Waals surface area contributed by atoms with Crippen LogP contribution < -0.4 is 10.2 Å². The summed E-state index contributed by atoms with van der Waals surface area (Å²) in [5, 5.41) is 5.94. The Kier molecular flexibility index (Phi) is 4.29. The summed E-state index contributed by atoms with van der Waals surface area (Å²) in [6, 6.07) is 0.132. The fourth-order valence-corrected chi connectivity index (χ4v) is 2.80. The molecule has 0 bridgehead atoms. The second-order valence-electron chi connectivity index (χ2n) is 5.75. The number of anilines is 1. The van der Waals surface area contributed by atoms with Gasteiger partial charge in [0.05, 0.1) is 0 Å². The van der Waals surface area contributed by atoms with E-state index in [1.54, 1.807) is 11.3 Å². The van der Waals surface area contributed by atoms with Crippen LogP contribution >= 0.6 is 11.3 Å². The predicted molar refractivity (Wildman–Crippen MR) is 76.7 cm³/mol. The SMILES string of the molecule is CC(C)(C)OC(=O)NC1CCCN(c2nccs2)C1. The van der Waals surface area contributed by atoms with Crippen molar-refractivity contribution >= 4 is 22.6 Å². The Labute approximate surface area is 118 Å². The van der Waals surface area contributed by atoms with Gasteiger partial charge in [-0.15, -0.1) is 11.3 Å². The van der Waals surface area contributed by atoms with E-state index in [0.29, 0.717) is 0 Å². The van der Waals surface area contributed by atoms with E-state index in [-0.39, 0.29) is 12.1 Å². The maximum absolute atomic E-state index is 11.8. The third kappa shape index (κ3) is 4.38. The molecule has 1 unspecified atom stereocenters. The highest BCUT2D eigenvalue weighted by Crippen LogP contribution is 2.22. The lowest BCUT2D eigenvalue weighted by Gasteiger charge is -2.33. The molecule has 1 aliphatic rings. The number of nitrogens with one attached hydrogen (secondary N) is 1. The van der Waals surface area contributed by atoms with Gasteiger partial charge >= 0.3 is 6.09 Å². The lowest BCUT2D eigenvalue weighted by Crippen LogP contribution is -2.49. The van der Waals surface area contributed by atoms with E-state index in [1.807, 2.05) is 32.3 Å². The molecule has 0 aliphatic carbocycles. The molecule has 1 aliphatic heterocycles. The molecule has 5 nitrogen and oxygen atoms in total. The zero-order valence-corrected chi connectivity index (χ0v) is 12.5. The Morgan fingerprint density at radius 2 is 2.37 bits per heavy atom. The van der Waals surface area contributed by atoms with Crippen LogP contribution in [0, 0.1) is 0 Å². The Morgan fingerprint density at radius 1 is 1.58 bits per heavy atom. The highest BCUT2D eigenvalue weighted by Gasteiger charge is 2.25. The number of carbonyl (C=O) groups excluding carboxylic acids is 1. The van der Waals surface area contributed by atoms with Gasteiger partial charge in [-0.1, -0.05) is 0 Å². The van der Waals surface area contributed by atoms with E-state index in [1.165, 1.54) is 0 Å². The Bertz CT molecular complexity index is 414. The Morgan fingerprint density at radius 3 is 3.00 bits per heavy atom. The minimum Gasteiger partial charge on any atom is -0.444 e. The predicted octanol–water partition coefficient (Wildman–Crippen LogP) is 2.64. The lowest BCUT2D eigenvalue weighted by atomic mass is 10.1. The summed E-state index contributed by atoms with van der Waals surface area (Å²) in [6.07, 6.45) is 3.52. The van der Waals surface area contributed by atoms with E-state index >= 15 is 0 Å².